The van der Waals surface area contributed by atoms with Crippen LogP contribution in [0.4, 0.5) is 14.5 Å². The largest absolute Gasteiger partial charge is 0.379 e. The van der Waals surface area contributed by atoms with Crippen molar-refractivity contribution in [3.63, 3.8) is 0 Å². The Morgan fingerprint density at radius 2 is 1.96 bits per heavy atom. The molecule has 1 aromatic rings. The Bertz CT molecular complexity index is 577. The summed E-state index contributed by atoms with van der Waals surface area (Å²) in [5, 5.41) is 4.54. The summed E-state index contributed by atoms with van der Waals surface area (Å²) in [5.74, 6) is -4.23. The molecule has 0 aliphatic carbocycles. The first-order valence-corrected chi connectivity index (χ1v) is 7.34. The number of benzene rings is 1. The number of amides is 2. The van der Waals surface area contributed by atoms with E-state index in [1.807, 2.05) is 6.92 Å². The second-order valence-corrected chi connectivity index (χ2v) is 5.26. The van der Waals surface area contributed by atoms with Crippen LogP contribution in [0.3, 0.4) is 0 Å². The van der Waals surface area contributed by atoms with E-state index in [0.29, 0.717) is 13.2 Å². The lowest BCUT2D eigenvalue weighted by molar-refractivity contribution is -0.136. The number of hydrogen-bond donors (Lipinski definition) is 2. The van der Waals surface area contributed by atoms with Gasteiger partial charge in [0.15, 0.2) is 11.6 Å². The molecule has 6 nitrogen and oxygen atoms in total. The molecular formula is C15H19F2N3O3. The Morgan fingerprint density at radius 3 is 2.65 bits per heavy atom. The lowest BCUT2D eigenvalue weighted by atomic mass is 10.2. The van der Waals surface area contributed by atoms with Gasteiger partial charge >= 0.3 is 11.8 Å². The SMILES string of the molecule is CC(CNC(=O)C(=O)Nc1cccc(F)c1F)N1CCOCC1. The molecule has 0 spiro atoms. The predicted octanol–water partition coefficient (Wildman–Crippen LogP) is 0.740. The molecule has 2 N–H and O–H groups in total. The molecule has 1 aliphatic heterocycles. The summed E-state index contributed by atoms with van der Waals surface area (Å²) in [6, 6.07) is 3.39. The van der Waals surface area contributed by atoms with Gasteiger partial charge in [-0.2, -0.15) is 0 Å². The molecule has 1 fully saturated rings. The molecule has 1 aliphatic rings. The monoisotopic (exact) mass is 327 g/mol. The van der Waals surface area contributed by atoms with Crippen LogP contribution < -0.4 is 10.6 Å². The molecule has 2 amide bonds. The third kappa shape index (κ3) is 4.70. The van der Waals surface area contributed by atoms with Gasteiger partial charge in [0.2, 0.25) is 0 Å². The maximum Gasteiger partial charge on any atom is 0.313 e. The molecule has 0 saturated carbocycles. The van der Waals surface area contributed by atoms with Gasteiger partial charge in [0.25, 0.3) is 0 Å². The maximum absolute atomic E-state index is 13.4. The van der Waals surface area contributed by atoms with E-state index in [-0.39, 0.29) is 18.3 Å². The van der Waals surface area contributed by atoms with Gasteiger partial charge in [-0.3, -0.25) is 14.5 Å². The highest BCUT2D eigenvalue weighted by molar-refractivity contribution is 6.39. The Kier molecular flexibility index (Phi) is 6.00. The molecule has 126 valence electrons. The van der Waals surface area contributed by atoms with Crippen LogP contribution in [0.1, 0.15) is 6.92 Å². The van der Waals surface area contributed by atoms with Crippen molar-refractivity contribution >= 4 is 17.5 Å². The van der Waals surface area contributed by atoms with Gasteiger partial charge in [0, 0.05) is 25.7 Å². The molecule has 1 saturated heterocycles. The number of nitrogens with zero attached hydrogens (tertiary/aromatic N) is 1. The highest BCUT2D eigenvalue weighted by atomic mass is 19.2. The van der Waals surface area contributed by atoms with E-state index in [1.165, 1.54) is 12.1 Å². The Hall–Kier alpha value is -2.06. The van der Waals surface area contributed by atoms with Crippen LogP contribution in [-0.4, -0.2) is 55.6 Å². The molecule has 1 atom stereocenters. The smallest absolute Gasteiger partial charge is 0.313 e. The van der Waals surface area contributed by atoms with E-state index in [1.54, 1.807) is 0 Å². The Labute approximate surface area is 132 Å². The van der Waals surface area contributed by atoms with E-state index in [9.17, 15) is 18.4 Å². The highest BCUT2D eigenvalue weighted by Gasteiger charge is 2.20. The van der Waals surface area contributed by atoms with Crippen molar-refractivity contribution in [1.29, 1.82) is 0 Å². The highest BCUT2D eigenvalue weighted by Crippen LogP contribution is 2.16. The molecule has 0 aromatic heterocycles. The molecular weight excluding hydrogens is 308 g/mol. The second kappa shape index (κ2) is 7.98. The fourth-order valence-electron chi connectivity index (χ4n) is 2.25. The maximum atomic E-state index is 13.4. The molecule has 23 heavy (non-hydrogen) atoms. The number of carbonyl (C=O) groups excluding carboxylic acids is 2. The van der Waals surface area contributed by atoms with E-state index >= 15 is 0 Å². The summed E-state index contributed by atoms with van der Waals surface area (Å²) in [6.45, 7) is 5.00. The molecule has 1 unspecified atom stereocenters. The van der Waals surface area contributed by atoms with Crippen LogP contribution >= 0.6 is 0 Å². The van der Waals surface area contributed by atoms with Crippen LogP contribution in [0.2, 0.25) is 0 Å². The minimum Gasteiger partial charge on any atom is -0.379 e. The van der Waals surface area contributed by atoms with Crippen LogP contribution in [0.15, 0.2) is 18.2 Å². The van der Waals surface area contributed by atoms with Crippen LogP contribution in [-0.2, 0) is 14.3 Å². The van der Waals surface area contributed by atoms with Gasteiger partial charge in [0.1, 0.15) is 0 Å². The van der Waals surface area contributed by atoms with Crippen molar-refractivity contribution in [2.24, 2.45) is 0 Å². The zero-order valence-electron chi connectivity index (χ0n) is 12.8. The van der Waals surface area contributed by atoms with Crippen LogP contribution in [0.25, 0.3) is 0 Å². The first kappa shape index (κ1) is 17.3. The molecule has 0 radical (unpaired) electrons. The molecule has 2 rings (SSSR count). The lowest BCUT2D eigenvalue weighted by Gasteiger charge is -2.32. The first-order chi connectivity index (χ1) is 11.0. The third-order valence-corrected chi connectivity index (χ3v) is 3.63. The summed E-state index contributed by atoms with van der Waals surface area (Å²) in [4.78, 5) is 25.6. The second-order valence-electron chi connectivity index (χ2n) is 5.26. The zero-order chi connectivity index (χ0) is 16.8. The minimum absolute atomic E-state index is 0.0431. The molecule has 1 aromatic carbocycles. The molecule has 0 bridgehead atoms. The number of halogens is 2. The average Bonchev–Trinajstić information content (AvgIpc) is 2.57. The van der Waals surface area contributed by atoms with Crippen LogP contribution in [0, 0.1) is 11.6 Å². The standard InChI is InChI=1S/C15H19F2N3O3/c1-10(20-5-7-23-8-6-20)9-18-14(21)15(22)19-12-4-2-3-11(16)13(12)17/h2-4,10H,5-9H2,1H3,(H,18,21)(H,19,22). The Balaban J connectivity index is 1.83. The van der Waals surface area contributed by atoms with E-state index in [0.717, 1.165) is 19.2 Å². The number of rotatable bonds is 4. The van der Waals surface area contributed by atoms with Crippen molar-refractivity contribution in [3.8, 4) is 0 Å². The van der Waals surface area contributed by atoms with Crippen molar-refractivity contribution < 1.29 is 23.1 Å². The minimum atomic E-state index is -1.20. The van der Waals surface area contributed by atoms with E-state index < -0.39 is 23.4 Å². The summed E-state index contributed by atoms with van der Waals surface area (Å²) in [6.07, 6.45) is 0. The van der Waals surface area contributed by atoms with Crippen molar-refractivity contribution in [2.45, 2.75) is 13.0 Å². The van der Waals surface area contributed by atoms with E-state index in [4.69, 9.17) is 4.74 Å². The lowest BCUT2D eigenvalue weighted by Crippen LogP contribution is -2.48. The fourth-order valence-corrected chi connectivity index (χ4v) is 2.25. The van der Waals surface area contributed by atoms with Crippen molar-refractivity contribution in [2.75, 3.05) is 38.2 Å². The number of morpholine rings is 1. The number of nitrogens with one attached hydrogen (secondary N) is 2. The van der Waals surface area contributed by atoms with Crippen molar-refractivity contribution in [3.05, 3.63) is 29.8 Å². The van der Waals surface area contributed by atoms with Crippen molar-refractivity contribution in [1.82, 2.24) is 10.2 Å². The predicted molar refractivity (Wildman–Crippen MR) is 79.9 cm³/mol. The Morgan fingerprint density at radius 1 is 1.26 bits per heavy atom. The number of hydrogen-bond acceptors (Lipinski definition) is 4. The number of ether oxygens (including phenoxy) is 1. The van der Waals surface area contributed by atoms with Gasteiger partial charge in [-0.1, -0.05) is 6.07 Å². The summed E-state index contributed by atoms with van der Waals surface area (Å²) < 4.78 is 31.7. The average molecular weight is 327 g/mol. The molecule has 8 heteroatoms. The van der Waals surface area contributed by atoms with Gasteiger partial charge in [-0.05, 0) is 19.1 Å². The quantitative estimate of drug-likeness (QED) is 0.801. The first-order valence-electron chi connectivity index (χ1n) is 7.34. The topological polar surface area (TPSA) is 70.7 Å². The zero-order valence-corrected chi connectivity index (χ0v) is 12.8. The van der Waals surface area contributed by atoms with Crippen LogP contribution in [0.5, 0.6) is 0 Å². The van der Waals surface area contributed by atoms with Gasteiger partial charge in [0.05, 0.1) is 18.9 Å². The van der Waals surface area contributed by atoms with Gasteiger partial charge in [-0.25, -0.2) is 8.78 Å². The summed E-state index contributed by atoms with van der Waals surface area (Å²) >= 11 is 0. The number of anilines is 1. The third-order valence-electron chi connectivity index (χ3n) is 3.63. The van der Waals surface area contributed by atoms with Gasteiger partial charge in [-0.15, -0.1) is 0 Å². The van der Waals surface area contributed by atoms with Gasteiger partial charge < -0.3 is 15.4 Å². The fraction of sp³-hybridized carbons (Fsp3) is 0.467. The molecule has 1 heterocycles. The summed E-state index contributed by atoms with van der Waals surface area (Å²) in [5.41, 5.74) is -0.369. The summed E-state index contributed by atoms with van der Waals surface area (Å²) in [7, 11) is 0. The van der Waals surface area contributed by atoms with E-state index in [2.05, 4.69) is 15.5 Å². The normalized spacial score (nSPS) is 16.7. The number of carbonyl (C=O) groups is 2.